The summed E-state index contributed by atoms with van der Waals surface area (Å²) in [4.78, 5) is 19.0. The number of nitrogens with zero attached hydrogens (tertiary/aromatic N) is 2. The molecule has 2 heterocycles. The molecule has 6 heteroatoms. The molecule has 23 heavy (non-hydrogen) atoms. The summed E-state index contributed by atoms with van der Waals surface area (Å²) in [5.41, 5.74) is 2.04. The fourth-order valence-corrected chi connectivity index (χ4v) is 3.81. The molecule has 2 aliphatic rings. The number of carbonyl (C=O) groups is 1. The van der Waals surface area contributed by atoms with Crippen molar-refractivity contribution < 1.29 is 9.53 Å². The fraction of sp³-hybridized carbons (Fsp3) is 0.647. The summed E-state index contributed by atoms with van der Waals surface area (Å²) in [5.74, 6) is -0.0501. The molecule has 1 aromatic rings. The van der Waals surface area contributed by atoms with Crippen molar-refractivity contribution in [3.05, 3.63) is 27.7 Å². The second kappa shape index (κ2) is 8.57. The van der Waals surface area contributed by atoms with Crippen LogP contribution in [0.25, 0.3) is 0 Å². The molecule has 1 aliphatic carbocycles. The van der Waals surface area contributed by atoms with E-state index in [4.69, 9.17) is 4.74 Å². The van der Waals surface area contributed by atoms with Gasteiger partial charge in [-0.15, -0.1) is 11.3 Å². The van der Waals surface area contributed by atoms with Crippen molar-refractivity contribution in [1.29, 1.82) is 0 Å². The molecule has 0 bridgehead atoms. The van der Waals surface area contributed by atoms with Crippen LogP contribution < -0.4 is 5.32 Å². The van der Waals surface area contributed by atoms with Crippen LogP contribution in [0.1, 0.15) is 47.6 Å². The third kappa shape index (κ3) is 5.12. The van der Waals surface area contributed by atoms with E-state index in [-0.39, 0.29) is 5.91 Å². The minimum absolute atomic E-state index is 0.0501. The molecule has 1 aromatic heterocycles. The Balaban J connectivity index is 1.43. The highest BCUT2D eigenvalue weighted by Crippen LogP contribution is 2.19. The van der Waals surface area contributed by atoms with Crippen molar-refractivity contribution in [2.24, 2.45) is 0 Å². The van der Waals surface area contributed by atoms with Gasteiger partial charge in [-0.1, -0.05) is 11.6 Å². The van der Waals surface area contributed by atoms with Gasteiger partial charge >= 0.3 is 0 Å². The number of aromatic nitrogens is 1. The third-order valence-corrected chi connectivity index (χ3v) is 5.20. The molecule has 126 valence electrons. The molecule has 1 aliphatic heterocycles. The number of rotatable bonds is 6. The monoisotopic (exact) mass is 335 g/mol. The second-order valence-corrected chi connectivity index (χ2v) is 7.07. The number of carbonyl (C=O) groups excluding carboxylic acids is 1. The van der Waals surface area contributed by atoms with Crippen LogP contribution in [0.5, 0.6) is 0 Å². The number of amides is 1. The lowest BCUT2D eigenvalue weighted by atomic mass is 9.97. The molecule has 1 saturated heterocycles. The summed E-state index contributed by atoms with van der Waals surface area (Å²) < 4.78 is 5.35. The molecule has 1 fully saturated rings. The predicted octanol–water partition coefficient (Wildman–Crippen LogP) is 2.60. The van der Waals surface area contributed by atoms with Gasteiger partial charge in [0.2, 0.25) is 0 Å². The van der Waals surface area contributed by atoms with Gasteiger partial charge in [-0.25, -0.2) is 4.98 Å². The lowest BCUT2D eigenvalue weighted by Crippen LogP contribution is -2.35. The second-order valence-electron chi connectivity index (χ2n) is 6.13. The molecule has 3 rings (SSSR count). The highest BCUT2D eigenvalue weighted by Gasteiger charge is 2.15. The van der Waals surface area contributed by atoms with E-state index in [1.165, 1.54) is 31.3 Å². The Kier molecular flexibility index (Phi) is 6.19. The number of allylic oxidation sites excluding steroid dienone is 1. The Hall–Kier alpha value is -1.24. The van der Waals surface area contributed by atoms with Crippen LogP contribution in [-0.4, -0.2) is 48.6 Å². The maximum Gasteiger partial charge on any atom is 0.270 e. The van der Waals surface area contributed by atoms with E-state index in [9.17, 15) is 4.79 Å². The molecule has 0 unspecified atom stereocenters. The van der Waals surface area contributed by atoms with Gasteiger partial charge in [0.15, 0.2) is 0 Å². The molecule has 0 spiro atoms. The highest BCUT2D eigenvalue weighted by atomic mass is 32.1. The summed E-state index contributed by atoms with van der Waals surface area (Å²) in [7, 11) is 0. The predicted molar refractivity (Wildman–Crippen MR) is 91.7 cm³/mol. The Morgan fingerprint density at radius 1 is 1.35 bits per heavy atom. The number of ether oxygens (including phenoxy) is 1. The van der Waals surface area contributed by atoms with Crippen molar-refractivity contribution in [2.45, 2.75) is 38.6 Å². The van der Waals surface area contributed by atoms with E-state index < -0.39 is 0 Å². The molecule has 0 saturated carbocycles. The number of hydrogen-bond donors (Lipinski definition) is 1. The average molecular weight is 335 g/mol. The normalized spacial score (nSPS) is 19.4. The first-order valence-corrected chi connectivity index (χ1v) is 9.40. The maximum absolute atomic E-state index is 12.2. The van der Waals surface area contributed by atoms with Gasteiger partial charge in [-0.2, -0.15) is 0 Å². The molecular formula is C17H25N3O2S. The Morgan fingerprint density at radius 2 is 2.22 bits per heavy atom. The van der Waals surface area contributed by atoms with Gasteiger partial charge in [-0.3, -0.25) is 9.69 Å². The molecule has 0 atom stereocenters. The van der Waals surface area contributed by atoms with Gasteiger partial charge in [0, 0.05) is 25.0 Å². The van der Waals surface area contributed by atoms with E-state index in [2.05, 4.69) is 21.3 Å². The first kappa shape index (κ1) is 16.6. The van der Waals surface area contributed by atoms with E-state index in [1.54, 1.807) is 11.3 Å². The van der Waals surface area contributed by atoms with Crippen LogP contribution in [0.15, 0.2) is 17.0 Å². The molecule has 1 N–H and O–H groups in total. The number of nitrogens with one attached hydrogen (secondary N) is 1. The van der Waals surface area contributed by atoms with E-state index in [0.717, 1.165) is 44.3 Å². The standard InChI is InChI=1S/C17H25N3O2S/c21-17(18-7-6-14-4-2-1-3-5-14)15-13-23-16(19-15)12-20-8-10-22-11-9-20/h4,13H,1-3,5-12H2,(H,18,21). The number of hydrogen-bond acceptors (Lipinski definition) is 5. The first-order chi connectivity index (χ1) is 11.3. The SMILES string of the molecule is O=C(NCCC1=CCCCC1)c1csc(CN2CCOCC2)n1. The Labute approximate surface area is 141 Å². The van der Waals surface area contributed by atoms with E-state index >= 15 is 0 Å². The van der Waals surface area contributed by atoms with Gasteiger partial charge < -0.3 is 10.1 Å². The fourth-order valence-electron chi connectivity index (χ4n) is 3.00. The topological polar surface area (TPSA) is 54.5 Å². The summed E-state index contributed by atoms with van der Waals surface area (Å²) >= 11 is 1.57. The van der Waals surface area contributed by atoms with E-state index in [1.807, 2.05) is 5.38 Å². The molecule has 0 radical (unpaired) electrons. The van der Waals surface area contributed by atoms with Gasteiger partial charge in [0.25, 0.3) is 5.91 Å². The Bertz CT molecular complexity index is 550. The molecular weight excluding hydrogens is 310 g/mol. The molecule has 0 aromatic carbocycles. The summed E-state index contributed by atoms with van der Waals surface area (Å²) in [6.45, 7) is 4.98. The highest BCUT2D eigenvalue weighted by molar-refractivity contribution is 7.09. The largest absolute Gasteiger partial charge is 0.379 e. The first-order valence-electron chi connectivity index (χ1n) is 8.52. The van der Waals surface area contributed by atoms with Crippen LogP contribution in [0.3, 0.4) is 0 Å². The van der Waals surface area contributed by atoms with Crippen LogP contribution in [0.4, 0.5) is 0 Å². The number of thiazole rings is 1. The maximum atomic E-state index is 12.2. The zero-order chi connectivity index (χ0) is 15.9. The van der Waals surface area contributed by atoms with Gasteiger partial charge in [0.1, 0.15) is 10.7 Å². The Morgan fingerprint density at radius 3 is 3.00 bits per heavy atom. The lowest BCUT2D eigenvalue weighted by molar-refractivity contribution is 0.0341. The summed E-state index contributed by atoms with van der Waals surface area (Å²) in [5, 5.41) is 5.87. The van der Waals surface area contributed by atoms with Crippen molar-refractivity contribution in [2.75, 3.05) is 32.8 Å². The van der Waals surface area contributed by atoms with Crippen LogP contribution in [0.2, 0.25) is 0 Å². The van der Waals surface area contributed by atoms with Gasteiger partial charge in [-0.05, 0) is 32.1 Å². The zero-order valence-electron chi connectivity index (χ0n) is 13.6. The van der Waals surface area contributed by atoms with Crippen molar-refractivity contribution in [3.8, 4) is 0 Å². The minimum Gasteiger partial charge on any atom is -0.379 e. The molecule has 5 nitrogen and oxygen atoms in total. The quantitative estimate of drug-likeness (QED) is 0.812. The molecule has 1 amide bonds. The van der Waals surface area contributed by atoms with Crippen LogP contribution in [-0.2, 0) is 11.3 Å². The van der Waals surface area contributed by atoms with Crippen molar-refractivity contribution in [3.63, 3.8) is 0 Å². The average Bonchev–Trinajstić information content (AvgIpc) is 3.05. The summed E-state index contributed by atoms with van der Waals surface area (Å²) in [6.07, 6.45) is 8.28. The van der Waals surface area contributed by atoms with E-state index in [0.29, 0.717) is 12.2 Å². The smallest absolute Gasteiger partial charge is 0.270 e. The minimum atomic E-state index is -0.0501. The van der Waals surface area contributed by atoms with Crippen molar-refractivity contribution >= 4 is 17.2 Å². The third-order valence-electron chi connectivity index (χ3n) is 4.36. The van der Waals surface area contributed by atoms with Crippen molar-refractivity contribution in [1.82, 2.24) is 15.2 Å². The van der Waals surface area contributed by atoms with Crippen LogP contribution >= 0.6 is 11.3 Å². The zero-order valence-corrected chi connectivity index (χ0v) is 14.4. The van der Waals surface area contributed by atoms with Crippen LogP contribution in [0, 0.1) is 0 Å². The lowest BCUT2D eigenvalue weighted by Gasteiger charge is -2.25. The van der Waals surface area contributed by atoms with Gasteiger partial charge in [0.05, 0.1) is 19.8 Å². The summed E-state index contributed by atoms with van der Waals surface area (Å²) in [6, 6.07) is 0. The number of morpholine rings is 1.